The van der Waals surface area contributed by atoms with E-state index in [0.717, 1.165) is 11.1 Å². The number of anilines is 1. The smallest absolute Gasteiger partial charge is 0.256 e. The standard InChI is InChI=1S/C19H19F2N7O/c1-10-23-15-3-2-14(25-18(15)27(10)9-17(20)21)13-4-5-28-16(13)8-22-19(26-28)24-11-6-12(29)7-11/h2-5,8,11-12,17,29H,6-7,9H2,1H3,(H,24,26). The largest absolute Gasteiger partial charge is 0.393 e. The number of aryl methyl sites for hydroxylation is 1. The van der Waals surface area contributed by atoms with Gasteiger partial charge in [-0.15, -0.1) is 5.10 Å². The molecule has 0 bridgehead atoms. The molecule has 1 aliphatic carbocycles. The molecule has 0 aliphatic heterocycles. The van der Waals surface area contributed by atoms with E-state index in [-0.39, 0.29) is 12.1 Å². The lowest BCUT2D eigenvalue weighted by molar-refractivity contribution is 0.0833. The third kappa shape index (κ3) is 3.19. The fourth-order valence-electron chi connectivity index (χ4n) is 3.69. The molecule has 150 valence electrons. The van der Waals surface area contributed by atoms with E-state index in [1.165, 1.54) is 4.57 Å². The highest BCUT2D eigenvalue weighted by Crippen LogP contribution is 2.27. The van der Waals surface area contributed by atoms with Crippen LogP contribution < -0.4 is 5.32 Å². The zero-order chi connectivity index (χ0) is 20.1. The van der Waals surface area contributed by atoms with E-state index in [0.29, 0.717) is 41.5 Å². The monoisotopic (exact) mass is 399 g/mol. The number of nitrogens with zero attached hydrogens (tertiary/aromatic N) is 6. The summed E-state index contributed by atoms with van der Waals surface area (Å²) in [4.78, 5) is 13.3. The molecule has 29 heavy (non-hydrogen) atoms. The van der Waals surface area contributed by atoms with Crippen LogP contribution in [-0.2, 0) is 6.54 Å². The lowest BCUT2D eigenvalue weighted by Gasteiger charge is -2.31. The first kappa shape index (κ1) is 17.9. The number of imidazole rings is 1. The van der Waals surface area contributed by atoms with Crippen LogP contribution in [0.15, 0.2) is 30.6 Å². The number of hydrogen-bond donors (Lipinski definition) is 2. The van der Waals surface area contributed by atoms with Crippen molar-refractivity contribution in [2.24, 2.45) is 0 Å². The molecule has 1 saturated carbocycles. The SMILES string of the molecule is Cc1nc2ccc(-c3ccn4nc(NC5CC(O)C5)ncc34)nc2n1CC(F)F. The number of halogens is 2. The summed E-state index contributed by atoms with van der Waals surface area (Å²) >= 11 is 0. The molecule has 2 N–H and O–H groups in total. The van der Waals surface area contributed by atoms with Gasteiger partial charge in [0.05, 0.1) is 30.1 Å². The van der Waals surface area contributed by atoms with Crippen LogP contribution in [0, 0.1) is 6.92 Å². The summed E-state index contributed by atoms with van der Waals surface area (Å²) in [5.74, 6) is 0.998. The lowest BCUT2D eigenvalue weighted by atomic mass is 9.90. The Morgan fingerprint density at radius 2 is 2.07 bits per heavy atom. The van der Waals surface area contributed by atoms with Gasteiger partial charge in [0.25, 0.3) is 6.43 Å². The van der Waals surface area contributed by atoms with E-state index >= 15 is 0 Å². The molecule has 5 rings (SSSR count). The molecule has 4 aromatic rings. The third-order valence-corrected chi connectivity index (χ3v) is 5.24. The highest BCUT2D eigenvalue weighted by atomic mass is 19.3. The van der Waals surface area contributed by atoms with Crippen molar-refractivity contribution in [1.29, 1.82) is 0 Å². The topological polar surface area (TPSA) is 93.2 Å². The third-order valence-electron chi connectivity index (χ3n) is 5.24. The highest BCUT2D eigenvalue weighted by molar-refractivity contribution is 5.82. The molecular weight excluding hydrogens is 380 g/mol. The maximum atomic E-state index is 13.0. The predicted molar refractivity (Wildman–Crippen MR) is 103 cm³/mol. The molecule has 0 saturated heterocycles. The molecule has 0 aromatic carbocycles. The molecular formula is C19H19F2N7O. The van der Waals surface area contributed by atoms with Crippen molar-refractivity contribution in [3.63, 3.8) is 0 Å². The predicted octanol–water partition coefficient (Wildman–Crippen LogP) is 2.65. The summed E-state index contributed by atoms with van der Waals surface area (Å²) in [6.45, 7) is 1.25. The number of fused-ring (bicyclic) bond motifs is 2. The van der Waals surface area contributed by atoms with Gasteiger partial charge in [0.2, 0.25) is 5.95 Å². The second kappa shape index (κ2) is 6.73. The second-order valence-electron chi connectivity index (χ2n) is 7.31. The minimum Gasteiger partial charge on any atom is -0.393 e. The molecule has 1 aliphatic rings. The van der Waals surface area contributed by atoms with Gasteiger partial charge in [-0.2, -0.15) is 0 Å². The zero-order valence-corrected chi connectivity index (χ0v) is 15.6. The minimum absolute atomic E-state index is 0.180. The molecule has 8 nitrogen and oxygen atoms in total. The summed E-state index contributed by atoms with van der Waals surface area (Å²) < 4.78 is 29.0. The van der Waals surface area contributed by atoms with Gasteiger partial charge in [-0.25, -0.2) is 28.2 Å². The van der Waals surface area contributed by atoms with E-state index in [1.807, 2.05) is 12.1 Å². The Balaban J connectivity index is 1.50. The van der Waals surface area contributed by atoms with Crippen molar-refractivity contribution in [1.82, 2.24) is 29.1 Å². The van der Waals surface area contributed by atoms with Crippen molar-refractivity contribution in [2.45, 2.75) is 44.9 Å². The molecule has 0 spiro atoms. The molecule has 4 aromatic heterocycles. The molecule has 0 amide bonds. The van der Waals surface area contributed by atoms with Crippen molar-refractivity contribution >= 4 is 22.6 Å². The molecule has 4 heterocycles. The summed E-state index contributed by atoms with van der Waals surface area (Å²) in [7, 11) is 0. The summed E-state index contributed by atoms with van der Waals surface area (Å²) in [5.41, 5.74) is 3.22. The Morgan fingerprint density at radius 1 is 1.24 bits per heavy atom. The molecule has 0 unspecified atom stereocenters. The van der Waals surface area contributed by atoms with E-state index in [9.17, 15) is 13.9 Å². The maximum absolute atomic E-state index is 13.0. The minimum atomic E-state index is -2.48. The Hall–Kier alpha value is -3.14. The zero-order valence-electron chi connectivity index (χ0n) is 15.6. The van der Waals surface area contributed by atoms with Gasteiger partial charge >= 0.3 is 0 Å². The first-order valence-corrected chi connectivity index (χ1v) is 9.39. The van der Waals surface area contributed by atoms with E-state index in [1.54, 1.807) is 29.9 Å². The fraction of sp³-hybridized carbons (Fsp3) is 0.368. The molecule has 0 radical (unpaired) electrons. The number of pyridine rings is 1. The van der Waals surface area contributed by atoms with Crippen molar-refractivity contribution < 1.29 is 13.9 Å². The first-order chi connectivity index (χ1) is 14.0. The van der Waals surface area contributed by atoms with Crippen LogP contribution in [0.25, 0.3) is 27.9 Å². The number of aliphatic hydroxyl groups is 1. The Morgan fingerprint density at radius 3 is 2.83 bits per heavy atom. The quantitative estimate of drug-likeness (QED) is 0.536. The maximum Gasteiger partial charge on any atom is 0.256 e. The molecule has 1 fully saturated rings. The second-order valence-corrected chi connectivity index (χ2v) is 7.31. The van der Waals surface area contributed by atoms with Crippen LogP contribution in [-0.4, -0.2) is 52.8 Å². The van der Waals surface area contributed by atoms with Crippen molar-refractivity contribution in [3.8, 4) is 11.3 Å². The first-order valence-electron chi connectivity index (χ1n) is 9.39. The highest BCUT2D eigenvalue weighted by Gasteiger charge is 2.27. The van der Waals surface area contributed by atoms with Gasteiger partial charge in [-0.3, -0.25) is 0 Å². The Kier molecular flexibility index (Phi) is 4.16. The van der Waals surface area contributed by atoms with Crippen LogP contribution in [0.5, 0.6) is 0 Å². The fourth-order valence-corrected chi connectivity index (χ4v) is 3.69. The van der Waals surface area contributed by atoms with Crippen LogP contribution in [0.3, 0.4) is 0 Å². The lowest BCUT2D eigenvalue weighted by Crippen LogP contribution is -2.39. The van der Waals surface area contributed by atoms with E-state index in [4.69, 9.17) is 0 Å². The average Bonchev–Trinajstić information content (AvgIpc) is 3.21. The van der Waals surface area contributed by atoms with Crippen molar-refractivity contribution in [2.75, 3.05) is 5.32 Å². The van der Waals surface area contributed by atoms with Gasteiger partial charge in [0, 0.05) is 17.8 Å². The van der Waals surface area contributed by atoms with Crippen LogP contribution in [0.1, 0.15) is 18.7 Å². The van der Waals surface area contributed by atoms with E-state index in [2.05, 4.69) is 25.4 Å². The summed E-state index contributed by atoms with van der Waals surface area (Å²) in [6.07, 6.45) is 2.15. The normalized spacial score (nSPS) is 19.2. The van der Waals surface area contributed by atoms with Gasteiger partial charge in [0.1, 0.15) is 11.3 Å². The van der Waals surface area contributed by atoms with Gasteiger partial charge in [-0.1, -0.05) is 0 Å². The molecule has 0 atom stereocenters. The van der Waals surface area contributed by atoms with Gasteiger partial charge in [0.15, 0.2) is 5.65 Å². The summed E-state index contributed by atoms with van der Waals surface area (Å²) in [6, 6.07) is 5.66. The van der Waals surface area contributed by atoms with Crippen molar-refractivity contribution in [3.05, 3.63) is 36.4 Å². The van der Waals surface area contributed by atoms with Crippen LogP contribution in [0.4, 0.5) is 14.7 Å². The Bertz CT molecular complexity index is 1200. The number of rotatable bonds is 5. The van der Waals surface area contributed by atoms with Gasteiger partial charge < -0.3 is 15.0 Å². The number of hydrogen-bond acceptors (Lipinski definition) is 6. The number of nitrogens with one attached hydrogen (secondary N) is 1. The number of alkyl halides is 2. The Labute approximate surface area is 164 Å². The van der Waals surface area contributed by atoms with Crippen LogP contribution in [0.2, 0.25) is 0 Å². The number of aliphatic hydroxyl groups excluding tert-OH is 1. The van der Waals surface area contributed by atoms with E-state index < -0.39 is 13.0 Å². The molecule has 10 heteroatoms. The van der Waals surface area contributed by atoms with Crippen LogP contribution >= 0.6 is 0 Å². The number of aromatic nitrogens is 6. The average molecular weight is 399 g/mol. The van der Waals surface area contributed by atoms with Gasteiger partial charge in [-0.05, 0) is 38.0 Å². The summed E-state index contributed by atoms with van der Waals surface area (Å²) in [5, 5.41) is 17.1.